The van der Waals surface area contributed by atoms with E-state index in [1.165, 1.54) is 25.2 Å². The predicted molar refractivity (Wildman–Crippen MR) is 131 cm³/mol. The summed E-state index contributed by atoms with van der Waals surface area (Å²) in [6.45, 7) is 4.00. The van der Waals surface area contributed by atoms with E-state index in [2.05, 4.69) is 14.9 Å². The van der Waals surface area contributed by atoms with E-state index in [0.29, 0.717) is 18.7 Å². The SMILES string of the molecule is CCOC(=O)c1ccc(N2CCC(NCC(O)COc3cccc(S(=O)(=O)NC)c3O)CC2)cc1. The minimum atomic E-state index is -3.83. The molecule has 4 N–H and O–H groups in total. The Kier molecular flexibility index (Phi) is 9.33. The summed E-state index contributed by atoms with van der Waals surface area (Å²) in [6.07, 6.45) is 0.933. The van der Waals surface area contributed by atoms with Gasteiger partial charge in [-0.15, -0.1) is 0 Å². The van der Waals surface area contributed by atoms with Gasteiger partial charge in [-0.05, 0) is 63.2 Å². The quantitative estimate of drug-likeness (QED) is 0.333. The van der Waals surface area contributed by atoms with Crippen molar-refractivity contribution in [3.63, 3.8) is 0 Å². The smallest absolute Gasteiger partial charge is 0.338 e. The van der Waals surface area contributed by atoms with E-state index in [1.807, 2.05) is 12.1 Å². The summed E-state index contributed by atoms with van der Waals surface area (Å²) < 4.78 is 36.5. The number of phenols is 1. The molecule has 1 heterocycles. The number of nitrogens with zero attached hydrogens (tertiary/aromatic N) is 1. The monoisotopic (exact) mass is 507 g/mol. The van der Waals surface area contributed by atoms with Crippen molar-refractivity contribution < 1.29 is 32.9 Å². The van der Waals surface area contributed by atoms with Gasteiger partial charge in [0.25, 0.3) is 0 Å². The molecular formula is C24H33N3O7S. The number of esters is 1. The number of sulfonamides is 1. The molecule has 2 aromatic carbocycles. The summed E-state index contributed by atoms with van der Waals surface area (Å²) in [4.78, 5) is 13.8. The van der Waals surface area contributed by atoms with Crippen LogP contribution in [-0.4, -0.2) is 76.6 Å². The zero-order valence-corrected chi connectivity index (χ0v) is 20.8. The number of anilines is 1. The number of aliphatic hydroxyl groups excluding tert-OH is 1. The molecule has 0 radical (unpaired) electrons. The average molecular weight is 508 g/mol. The normalized spacial score (nSPS) is 15.6. The maximum absolute atomic E-state index is 12.0. The molecule has 0 spiro atoms. The van der Waals surface area contributed by atoms with E-state index in [-0.39, 0.29) is 29.3 Å². The molecule has 35 heavy (non-hydrogen) atoms. The number of carbonyl (C=O) groups excluding carboxylic acids is 1. The largest absolute Gasteiger partial charge is 0.503 e. The van der Waals surface area contributed by atoms with E-state index in [1.54, 1.807) is 19.1 Å². The van der Waals surface area contributed by atoms with Crippen LogP contribution in [-0.2, 0) is 14.8 Å². The number of benzene rings is 2. The van der Waals surface area contributed by atoms with Crippen molar-refractivity contribution >= 4 is 21.7 Å². The molecule has 192 valence electrons. The number of hydrogen-bond acceptors (Lipinski definition) is 9. The number of piperidine rings is 1. The van der Waals surface area contributed by atoms with Crippen molar-refractivity contribution in [2.24, 2.45) is 0 Å². The van der Waals surface area contributed by atoms with Crippen LogP contribution in [0.15, 0.2) is 47.4 Å². The van der Waals surface area contributed by atoms with E-state index >= 15 is 0 Å². The molecule has 1 aliphatic heterocycles. The van der Waals surface area contributed by atoms with Gasteiger partial charge in [-0.2, -0.15) is 0 Å². The Labute approximate surface area is 205 Å². The summed E-state index contributed by atoms with van der Waals surface area (Å²) in [5.41, 5.74) is 1.58. The Morgan fingerprint density at radius 3 is 2.49 bits per heavy atom. The van der Waals surface area contributed by atoms with Crippen LogP contribution in [0.5, 0.6) is 11.5 Å². The molecule has 1 fully saturated rings. The summed E-state index contributed by atoms with van der Waals surface area (Å²) in [7, 11) is -2.57. The van der Waals surface area contributed by atoms with Gasteiger partial charge in [0.2, 0.25) is 10.0 Å². The van der Waals surface area contributed by atoms with Gasteiger partial charge in [0.05, 0.1) is 12.2 Å². The lowest BCUT2D eigenvalue weighted by Gasteiger charge is -2.34. The summed E-state index contributed by atoms with van der Waals surface area (Å²) in [6, 6.07) is 11.8. The van der Waals surface area contributed by atoms with Crippen molar-refractivity contribution in [2.45, 2.75) is 36.8 Å². The molecule has 0 aliphatic carbocycles. The van der Waals surface area contributed by atoms with Gasteiger partial charge in [-0.1, -0.05) is 6.07 Å². The highest BCUT2D eigenvalue weighted by atomic mass is 32.2. The molecule has 0 saturated carbocycles. The summed E-state index contributed by atoms with van der Waals surface area (Å²) >= 11 is 0. The van der Waals surface area contributed by atoms with Crippen molar-refractivity contribution in [3.8, 4) is 11.5 Å². The van der Waals surface area contributed by atoms with Gasteiger partial charge in [-0.25, -0.2) is 17.9 Å². The maximum Gasteiger partial charge on any atom is 0.338 e. The van der Waals surface area contributed by atoms with Crippen molar-refractivity contribution in [3.05, 3.63) is 48.0 Å². The van der Waals surface area contributed by atoms with Crippen LogP contribution >= 0.6 is 0 Å². The zero-order valence-electron chi connectivity index (χ0n) is 19.9. The van der Waals surface area contributed by atoms with Crippen LogP contribution in [0.4, 0.5) is 5.69 Å². The number of nitrogens with one attached hydrogen (secondary N) is 2. The molecule has 1 aliphatic rings. The standard InChI is InChI=1S/C24H33N3O7S/c1-3-33-24(30)17-7-9-19(10-8-17)27-13-11-18(12-14-27)26-15-20(28)16-34-21-5-4-6-22(23(21)29)35(31,32)25-2/h4-10,18,20,25-26,28-29H,3,11-16H2,1-2H3. The Hall–Kier alpha value is -2.86. The van der Waals surface area contributed by atoms with Crippen LogP contribution in [0.3, 0.4) is 0 Å². The molecule has 11 heteroatoms. The Morgan fingerprint density at radius 2 is 1.86 bits per heavy atom. The Morgan fingerprint density at radius 1 is 1.17 bits per heavy atom. The first-order chi connectivity index (χ1) is 16.7. The third-order valence-electron chi connectivity index (χ3n) is 5.83. The number of rotatable bonds is 11. The minimum Gasteiger partial charge on any atom is -0.503 e. The minimum absolute atomic E-state index is 0.0114. The van der Waals surface area contributed by atoms with Crippen LogP contribution in [0.1, 0.15) is 30.1 Å². The molecule has 0 amide bonds. The fourth-order valence-electron chi connectivity index (χ4n) is 3.86. The number of para-hydroxylation sites is 1. The Balaban J connectivity index is 1.43. The van der Waals surface area contributed by atoms with Gasteiger partial charge in [0.1, 0.15) is 17.6 Å². The third-order valence-corrected chi connectivity index (χ3v) is 7.28. The molecule has 2 aromatic rings. The highest BCUT2D eigenvalue weighted by Gasteiger charge is 2.22. The topological polar surface area (TPSA) is 137 Å². The first-order valence-electron chi connectivity index (χ1n) is 11.6. The lowest BCUT2D eigenvalue weighted by Crippen LogP contribution is -2.45. The number of phenolic OH excluding ortho intramolecular Hbond substituents is 1. The highest BCUT2D eigenvalue weighted by Crippen LogP contribution is 2.32. The summed E-state index contributed by atoms with van der Waals surface area (Å²) in [5.74, 6) is -0.831. The second kappa shape index (κ2) is 12.2. The molecule has 1 unspecified atom stereocenters. The number of aliphatic hydroxyl groups is 1. The van der Waals surface area contributed by atoms with Crippen molar-refractivity contribution in [1.82, 2.24) is 10.0 Å². The van der Waals surface area contributed by atoms with Gasteiger partial charge in [0.15, 0.2) is 11.5 Å². The van der Waals surface area contributed by atoms with Crippen molar-refractivity contribution in [1.29, 1.82) is 0 Å². The van der Waals surface area contributed by atoms with Gasteiger partial charge in [-0.3, -0.25) is 0 Å². The van der Waals surface area contributed by atoms with Crippen LogP contribution in [0.2, 0.25) is 0 Å². The molecule has 1 atom stereocenters. The molecule has 1 saturated heterocycles. The lowest BCUT2D eigenvalue weighted by atomic mass is 10.0. The average Bonchev–Trinajstić information content (AvgIpc) is 2.87. The van der Waals surface area contributed by atoms with Crippen LogP contribution in [0.25, 0.3) is 0 Å². The maximum atomic E-state index is 12.0. The van der Waals surface area contributed by atoms with E-state index in [0.717, 1.165) is 31.6 Å². The second-order valence-corrected chi connectivity index (χ2v) is 10.1. The fraction of sp³-hybridized carbons (Fsp3) is 0.458. The van der Waals surface area contributed by atoms with Gasteiger partial charge < -0.3 is 29.9 Å². The van der Waals surface area contributed by atoms with E-state index < -0.39 is 21.9 Å². The first-order valence-corrected chi connectivity index (χ1v) is 13.1. The molecular weight excluding hydrogens is 474 g/mol. The first kappa shape index (κ1) is 26.7. The van der Waals surface area contributed by atoms with Crippen LogP contribution < -0.4 is 19.7 Å². The number of aromatic hydroxyl groups is 1. The highest BCUT2D eigenvalue weighted by molar-refractivity contribution is 7.89. The van der Waals surface area contributed by atoms with E-state index in [4.69, 9.17) is 9.47 Å². The van der Waals surface area contributed by atoms with E-state index in [9.17, 15) is 23.4 Å². The number of ether oxygens (including phenoxy) is 2. The Bertz CT molecular complexity index is 1080. The number of hydrogen-bond donors (Lipinski definition) is 4. The lowest BCUT2D eigenvalue weighted by molar-refractivity contribution is 0.0526. The zero-order chi connectivity index (χ0) is 25.4. The van der Waals surface area contributed by atoms with Gasteiger partial charge in [0, 0.05) is 31.4 Å². The molecule has 0 bridgehead atoms. The van der Waals surface area contributed by atoms with Crippen molar-refractivity contribution in [2.75, 3.05) is 44.8 Å². The van der Waals surface area contributed by atoms with Gasteiger partial charge >= 0.3 is 5.97 Å². The molecule has 3 rings (SSSR count). The third kappa shape index (κ3) is 7.07. The number of carbonyl (C=O) groups is 1. The van der Waals surface area contributed by atoms with Crippen LogP contribution in [0, 0.1) is 0 Å². The predicted octanol–water partition coefficient (Wildman–Crippen LogP) is 1.48. The fourth-order valence-corrected chi connectivity index (χ4v) is 4.69. The summed E-state index contributed by atoms with van der Waals surface area (Å²) in [5, 5.41) is 23.9. The molecule has 10 nitrogen and oxygen atoms in total. The molecule has 0 aromatic heterocycles. The second-order valence-electron chi connectivity index (χ2n) is 8.21.